The molecule has 24 heavy (non-hydrogen) atoms. The molecule has 0 unspecified atom stereocenters. The van der Waals surface area contributed by atoms with Gasteiger partial charge in [0, 0.05) is 25.7 Å². The molecule has 0 aromatic heterocycles. The van der Waals surface area contributed by atoms with Crippen LogP contribution >= 0.6 is 0 Å². The van der Waals surface area contributed by atoms with E-state index in [2.05, 4.69) is 0 Å². The zero-order valence-electron chi connectivity index (χ0n) is 14.0. The Kier molecular flexibility index (Phi) is 6.40. The van der Waals surface area contributed by atoms with Crippen LogP contribution in [0.2, 0.25) is 0 Å². The van der Waals surface area contributed by atoms with E-state index in [4.69, 9.17) is 0 Å². The summed E-state index contributed by atoms with van der Waals surface area (Å²) in [5, 5.41) is 0. The lowest BCUT2D eigenvalue weighted by Crippen LogP contribution is -2.36. The fourth-order valence-corrected chi connectivity index (χ4v) is 3.74. The summed E-state index contributed by atoms with van der Waals surface area (Å²) in [6.07, 6.45) is -4.52. The molecule has 0 radical (unpaired) electrons. The lowest BCUT2D eigenvalue weighted by Gasteiger charge is -2.22. The molecule has 136 valence electrons. The predicted octanol–water partition coefficient (Wildman–Crippen LogP) is 2.66. The molecule has 0 bridgehead atoms. The number of carbonyl (C=O) groups is 1. The minimum Gasteiger partial charge on any atom is -0.333 e. The summed E-state index contributed by atoms with van der Waals surface area (Å²) in [5.74, 6) is -0.874. The second kappa shape index (κ2) is 7.52. The van der Waals surface area contributed by atoms with Crippen molar-refractivity contribution in [1.82, 2.24) is 9.21 Å². The Morgan fingerprint density at radius 2 is 1.71 bits per heavy atom. The van der Waals surface area contributed by atoms with E-state index in [0.29, 0.717) is 10.5 Å². The van der Waals surface area contributed by atoms with E-state index in [-0.39, 0.29) is 23.5 Å². The highest BCUT2D eigenvalue weighted by Gasteiger charge is 2.32. The van der Waals surface area contributed by atoms with Crippen molar-refractivity contribution in [1.29, 1.82) is 0 Å². The van der Waals surface area contributed by atoms with Gasteiger partial charge in [-0.3, -0.25) is 4.79 Å². The Labute approximate surface area is 140 Å². The molecule has 0 aliphatic rings. The van der Waals surface area contributed by atoms with Crippen LogP contribution in [-0.2, 0) is 10.0 Å². The third kappa shape index (κ3) is 4.70. The summed E-state index contributed by atoms with van der Waals surface area (Å²) in [4.78, 5) is 12.7. The number of nitrogens with zero attached hydrogens (tertiary/aromatic N) is 2. The first kappa shape index (κ1) is 20.4. The number of amides is 1. The van der Waals surface area contributed by atoms with Crippen LogP contribution in [0.4, 0.5) is 13.2 Å². The van der Waals surface area contributed by atoms with Crippen LogP contribution in [0, 0.1) is 6.92 Å². The van der Waals surface area contributed by atoms with Crippen molar-refractivity contribution in [2.75, 3.05) is 26.7 Å². The number of sulfonamides is 1. The SMILES string of the molecule is CCN(CC)S(=O)(=O)c1ccc(C)c(C(=O)N(C)CC(F)(F)F)c1. The molecular formula is C15H21F3N2O3S. The van der Waals surface area contributed by atoms with Gasteiger partial charge in [-0.05, 0) is 24.6 Å². The first-order valence-corrected chi connectivity index (χ1v) is 8.81. The molecule has 0 atom stereocenters. The molecule has 0 saturated carbocycles. The van der Waals surface area contributed by atoms with Gasteiger partial charge in [-0.25, -0.2) is 8.42 Å². The number of hydrogen-bond acceptors (Lipinski definition) is 3. The Balaban J connectivity index is 3.26. The van der Waals surface area contributed by atoms with Gasteiger partial charge in [0.25, 0.3) is 5.91 Å². The van der Waals surface area contributed by atoms with Crippen LogP contribution in [0.5, 0.6) is 0 Å². The number of halogens is 3. The molecule has 0 N–H and O–H groups in total. The quantitative estimate of drug-likeness (QED) is 0.778. The van der Waals surface area contributed by atoms with E-state index in [0.717, 1.165) is 13.1 Å². The maximum absolute atomic E-state index is 12.5. The van der Waals surface area contributed by atoms with Crippen molar-refractivity contribution in [3.63, 3.8) is 0 Å². The highest BCUT2D eigenvalue weighted by Crippen LogP contribution is 2.22. The highest BCUT2D eigenvalue weighted by molar-refractivity contribution is 7.89. The van der Waals surface area contributed by atoms with E-state index in [1.807, 2.05) is 0 Å². The van der Waals surface area contributed by atoms with Gasteiger partial charge in [-0.1, -0.05) is 19.9 Å². The third-order valence-electron chi connectivity index (χ3n) is 3.55. The van der Waals surface area contributed by atoms with Crippen molar-refractivity contribution >= 4 is 15.9 Å². The Morgan fingerprint density at radius 3 is 2.17 bits per heavy atom. The van der Waals surface area contributed by atoms with Crippen molar-refractivity contribution < 1.29 is 26.4 Å². The van der Waals surface area contributed by atoms with E-state index in [9.17, 15) is 26.4 Å². The number of carbonyl (C=O) groups excluding carboxylic acids is 1. The summed E-state index contributed by atoms with van der Waals surface area (Å²) >= 11 is 0. The molecule has 1 amide bonds. The second-order valence-electron chi connectivity index (χ2n) is 5.34. The maximum Gasteiger partial charge on any atom is 0.406 e. The first-order valence-electron chi connectivity index (χ1n) is 7.37. The second-order valence-corrected chi connectivity index (χ2v) is 7.28. The number of benzene rings is 1. The monoisotopic (exact) mass is 366 g/mol. The van der Waals surface area contributed by atoms with Gasteiger partial charge in [0.05, 0.1) is 4.90 Å². The molecule has 5 nitrogen and oxygen atoms in total. The topological polar surface area (TPSA) is 57.7 Å². The molecule has 0 aliphatic carbocycles. The number of aryl methyl sites for hydroxylation is 1. The van der Waals surface area contributed by atoms with E-state index in [1.54, 1.807) is 20.8 Å². The number of hydrogen-bond donors (Lipinski definition) is 0. The van der Waals surface area contributed by atoms with Crippen LogP contribution in [0.15, 0.2) is 23.1 Å². The van der Waals surface area contributed by atoms with Gasteiger partial charge in [-0.15, -0.1) is 0 Å². The molecule has 0 spiro atoms. The molecule has 0 heterocycles. The summed E-state index contributed by atoms with van der Waals surface area (Å²) in [6, 6.07) is 3.91. The largest absolute Gasteiger partial charge is 0.406 e. The zero-order chi connectivity index (χ0) is 18.7. The fourth-order valence-electron chi connectivity index (χ4n) is 2.25. The molecule has 9 heteroatoms. The predicted molar refractivity (Wildman–Crippen MR) is 84.3 cm³/mol. The minimum absolute atomic E-state index is 0.0602. The lowest BCUT2D eigenvalue weighted by molar-refractivity contribution is -0.138. The molecule has 0 aliphatic heterocycles. The average molecular weight is 366 g/mol. The van der Waals surface area contributed by atoms with Crippen molar-refractivity contribution in [3.05, 3.63) is 29.3 Å². The minimum atomic E-state index is -4.52. The summed E-state index contributed by atoms with van der Waals surface area (Å²) in [6.45, 7) is 4.01. The molecule has 1 aromatic rings. The van der Waals surface area contributed by atoms with Crippen LogP contribution < -0.4 is 0 Å². The first-order chi connectivity index (χ1) is 10.9. The van der Waals surface area contributed by atoms with E-state index >= 15 is 0 Å². The van der Waals surface area contributed by atoms with Crippen molar-refractivity contribution in [2.45, 2.75) is 31.8 Å². The number of alkyl halides is 3. The Hall–Kier alpha value is -1.61. The van der Waals surface area contributed by atoms with Crippen LogP contribution in [0.1, 0.15) is 29.8 Å². The normalized spacial score (nSPS) is 12.5. The molecule has 0 saturated heterocycles. The summed E-state index contributed by atoms with van der Waals surface area (Å²) < 4.78 is 63.6. The van der Waals surface area contributed by atoms with Crippen LogP contribution in [0.3, 0.4) is 0 Å². The summed E-state index contributed by atoms with van der Waals surface area (Å²) in [7, 11) is -2.77. The van der Waals surface area contributed by atoms with E-state index < -0.39 is 28.7 Å². The van der Waals surface area contributed by atoms with Gasteiger partial charge >= 0.3 is 6.18 Å². The van der Waals surface area contributed by atoms with Gasteiger partial charge in [-0.2, -0.15) is 17.5 Å². The lowest BCUT2D eigenvalue weighted by atomic mass is 10.1. The third-order valence-corrected chi connectivity index (χ3v) is 5.59. The molecule has 1 aromatic carbocycles. The Morgan fingerprint density at radius 1 is 1.17 bits per heavy atom. The fraction of sp³-hybridized carbons (Fsp3) is 0.533. The van der Waals surface area contributed by atoms with Gasteiger partial charge < -0.3 is 4.90 Å². The summed E-state index contributed by atoms with van der Waals surface area (Å²) in [5.41, 5.74) is 0.350. The van der Waals surface area contributed by atoms with Gasteiger partial charge in [0.2, 0.25) is 10.0 Å². The maximum atomic E-state index is 12.5. The average Bonchev–Trinajstić information content (AvgIpc) is 2.46. The molecule has 0 fully saturated rings. The Bertz CT molecular complexity index is 698. The van der Waals surface area contributed by atoms with Gasteiger partial charge in [0.1, 0.15) is 6.54 Å². The van der Waals surface area contributed by atoms with Crippen LogP contribution in [0.25, 0.3) is 0 Å². The smallest absolute Gasteiger partial charge is 0.333 e. The van der Waals surface area contributed by atoms with Gasteiger partial charge in [0.15, 0.2) is 0 Å². The van der Waals surface area contributed by atoms with Crippen molar-refractivity contribution in [3.8, 4) is 0 Å². The van der Waals surface area contributed by atoms with Crippen LogP contribution in [-0.4, -0.2) is 56.4 Å². The molecule has 1 rings (SSSR count). The zero-order valence-corrected chi connectivity index (χ0v) is 14.8. The standard InChI is InChI=1S/C15H21F3N2O3S/c1-5-20(6-2)24(22,23)12-8-7-11(3)13(9-12)14(21)19(4)10-15(16,17)18/h7-9H,5-6,10H2,1-4H3. The molecular weight excluding hydrogens is 345 g/mol. The van der Waals surface area contributed by atoms with Crippen molar-refractivity contribution in [2.24, 2.45) is 0 Å². The number of rotatable bonds is 6. The highest BCUT2D eigenvalue weighted by atomic mass is 32.2. The van der Waals surface area contributed by atoms with E-state index in [1.165, 1.54) is 16.4 Å².